The van der Waals surface area contributed by atoms with Crippen LogP contribution in [0.2, 0.25) is 5.02 Å². The summed E-state index contributed by atoms with van der Waals surface area (Å²) in [6, 6.07) is 5.48. The average molecular weight is 409 g/mol. The summed E-state index contributed by atoms with van der Waals surface area (Å²) in [5.41, 5.74) is -0.152. The van der Waals surface area contributed by atoms with Crippen molar-refractivity contribution in [2.24, 2.45) is 7.05 Å². The molecule has 146 valence electrons. The van der Waals surface area contributed by atoms with Crippen LogP contribution in [0.25, 0.3) is 10.9 Å². The molecule has 1 atom stereocenters. The van der Waals surface area contributed by atoms with E-state index in [2.05, 4.69) is 10.3 Å². The highest BCUT2D eigenvalue weighted by Crippen LogP contribution is 2.39. The van der Waals surface area contributed by atoms with Gasteiger partial charge in [-0.2, -0.15) is 0 Å². The second-order valence-corrected chi connectivity index (χ2v) is 7.07. The third-order valence-corrected chi connectivity index (χ3v) is 5.21. The fourth-order valence-electron chi connectivity index (χ4n) is 3.32. The third-order valence-electron chi connectivity index (χ3n) is 4.83. The van der Waals surface area contributed by atoms with Crippen LogP contribution in [0.1, 0.15) is 6.42 Å². The molecule has 4 rings (SSSR count). The zero-order valence-electron chi connectivity index (χ0n) is 14.8. The van der Waals surface area contributed by atoms with E-state index in [0.717, 1.165) is 4.57 Å². The zero-order valence-corrected chi connectivity index (χ0v) is 15.6. The van der Waals surface area contributed by atoms with Crippen molar-refractivity contribution in [3.8, 4) is 0 Å². The number of aromatic nitrogens is 2. The summed E-state index contributed by atoms with van der Waals surface area (Å²) in [7, 11) is 1.46. The van der Waals surface area contributed by atoms with E-state index in [1.165, 1.54) is 37.6 Å². The van der Waals surface area contributed by atoms with Gasteiger partial charge in [-0.3, -0.25) is 4.79 Å². The lowest BCUT2D eigenvalue weighted by molar-refractivity contribution is 0.364. The van der Waals surface area contributed by atoms with Gasteiger partial charge in [-0.05, 0) is 30.7 Å². The van der Waals surface area contributed by atoms with E-state index in [4.69, 9.17) is 11.6 Å². The Kier molecular flexibility index (Phi) is 4.66. The molecule has 0 aliphatic carbocycles. The third kappa shape index (κ3) is 3.07. The zero-order chi connectivity index (χ0) is 20.0. The Hall–Kier alpha value is -2.74. The smallest absolute Gasteiger partial charge is 0.263 e. The van der Waals surface area contributed by atoms with Gasteiger partial charge >= 0.3 is 0 Å². The lowest BCUT2D eigenvalue weighted by Gasteiger charge is -2.21. The highest BCUT2D eigenvalue weighted by Gasteiger charge is 2.26. The number of hydrogen-bond donors (Lipinski definition) is 1. The molecule has 1 fully saturated rings. The van der Waals surface area contributed by atoms with Crippen LogP contribution in [0.5, 0.6) is 0 Å². The van der Waals surface area contributed by atoms with Crippen molar-refractivity contribution in [1.29, 1.82) is 0 Å². The molecule has 1 N–H and O–H groups in total. The molecule has 3 aromatic rings. The average Bonchev–Trinajstić information content (AvgIpc) is 3.09. The summed E-state index contributed by atoms with van der Waals surface area (Å²) in [4.78, 5) is 18.0. The van der Waals surface area contributed by atoms with Crippen molar-refractivity contribution < 1.29 is 13.2 Å². The van der Waals surface area contributed by atoms with Gasteiger partial charge in [0.25, 0.3) is 5.56 Å². The van der Waals surface area contributed by atoms with Gasteiger partial charge in [0, 0.05) is 20.1 Å². The van der Waals surface area contributed by atoms with Crippen LogP contribution in [0.4, 0.5) is 30.2 Å². The highest BCUT2D eigenvalue weighted by atomic mass is 35.5. The number of benzene rings is 2. The Morgan fingerprint density at radius 3 is 2.75 bits per heavy atom. The van der Waals surface area contributed by atoms with E-state index >= 15 is 0 Å². The molecular formula is C19H16ClF3N4O. The minimum atomic E-state index is -0.973. The van der Waals surface area contributed by atoms with Crippen molar-refractivity contribution in [1.82, 2.24) is 9.55 Å². The summed E-state index contributed by atoms with van der Waals surface area (Å²) in [5.74, 6) is -1.54. The SMILES string of the molecule is Cn1cnc2ccc(Nc3c(F)ccc(N4CC[C@@H](F)C4)c3Cl)c(F)c2c1=O. The maximum atomic E-state index is 15.0. The molecule has 1 aromatic heterocycles. The highest BCUT2D eigenvalue weighted by molar-refractivity contribution is 6.36. The number of nitrogens with one attached hydrogen (secondary N) is 1. The minimum absolute atomic E-state index is 0.0210. The van der Waals surface area contributed by atoms with Gasteiger partial charge < -0.3 is 14.8 Å². The molecular weight excluding hydrogens is 393 g/mol. The van der Waals surface area contributed by atoms with Gasteiger partial charge in [-0.1, -0.05) is 11.6 Å². The lowest BCUT2D eigenvalue weighted by Crippen LogP contribution is -2.20. The molecule has 1 aliphatic rings. The monoisotopic (exact) mass is 408 g/mol. The van der Waals surface area contributed by atoms with Gasteiger partial charge in [-0.25, -0.2) is 18.2 Å². The Morgan fingerprint density at radius 1 is 1.25 bits per heavy atom. The van der Waals surface area contributed by atoms with Crippen molar-refractivity contribution in [2.45, 2.75) is 12.6 Å². The number of fused-ring (bicyclic) bond motifs is 1. The first kappa shape index (κ1) is 18.6. The standard InChI is InChI=1S/C19H16ClF3N4O/c1-26-9-24-12-3-4-13(17(23)15(12)19(26)28)25-18-11(22)2-5-14(16(18)20)27-7-6-10(21)8-27/h2-5,9-10,25H,6-8H2,1H3/t10-/m1/s1. The molecule has 5 nitrogen and oxygen atoms in total. The minimum Gasteiger partial charge on any atom is -0.367 e. The number of alkyl halides is 1. The van der Waals surface area contributed by atoms with E-state index in [1.54, 1.807) is 4.90 Å². The number of aryl methyl sites for hydroxylation is 1. The van der Waals surface area contributed by atoms with Crippen molar-refractivity contribution in [3.05, 3.63) is 57.6 Å². The molecule has 1 aliphatic heterocycles. The van der Waals surface area contributed by atoms with Gasteiger partial charge in [0.1, 0.15) is 17.4 Å². The summed E-state index contributed by atoms with van der Waals surface area (Å²) >= 11 is 6.35. The second-order valence-electron chi connectivity index (χ2n) is 6.69. The first-order valence-corrected chi connectivity index (χ1v) is 9.02. The molecule has 0 spiro atoms. The lowest BCUT2D eigenvalue weighted by atomic mass is 10.2. The number of rotatable bonds is 3. The topological polar surface area (TPSA) is 50.2 Å². The molecule has 1 saturated heterocycles. The normalized spacial score (nSPS) is 16.8. The van der Waals surface area contributed by atoms with E-state index < -0.39 is 23.4 Å². The van der Waals surface area contributed by atoms with Crippen molar-refractivity contribution in [3.63, 3.8) is 0 Å². The molecule has 9 heteroatoms. The quantitative estimate of drug-likeness (QED) is 0.707. The molecule has 0 amide bonds. The van der Waals surface area contributed by atoms with Gasteiger partial charge in [-0.15, -0.1) is 0 Å². The van der Waals surface area contributed by atoms with E-state index in [1.807, 2.05) is 0 Å². The molecule has 28 heavy (non-hydrogen) atoms. The maximum absolute atomic E-state index is 15.0. The Bertz CT molecular complexity index is 1130. The summed E-state index contributed by atoms with van der Waals surface area (Å²) in [5, 5.41) is 2.46. The Balaban J connectivity index is 1.78. The van der Waals surface area contributed by atoms with Crippen LogP contribution in [-0.4, -0.2) is 28.8 Å². The summed E-state index contributed by atoms with van der Waals surface area (Å²) < 4.78 is 44.1. The predicted octanol–water partition coefficient (Wildman–Crippen LogP) is 4.16. The maximum Gasteiger partial charge on any atom is 0.263 e. The van der Waals surface area contributed by atoms with E-state index in [9.17, 15) is 18.0 Å². The van der Waals surface area contributed by atoms with Crippen LogP contribution >= 0.6 is 11.6 Å². The fourth-order valence-corrected chi connectivity index (χ4v) is 3.64. The Morgan fingerprint density at radius 2 is 2.04 bits per heavy atom. The van der Waals surface area contributed by atoms with Crippen LogP contribution in [0.3, 0.4) is 0 Å². The predicted molar refractivity (Wildman–Crippen MR) is 103 cm³/mol. The molecule has 0 saturated carbocycles. The fraction of sp³-hybridized carbons (Fsp3) is 0.263. The summed E-state index contributed by atoms with van der Waals surface area (Å²) in [6.45, 7) is 0.620. The van der Waals surface area contributed by atoms with E-state index in [0.29, 0.717) is 18.7 Å². The van der Waals surface area contributed by atoms with Crippen molar-refractivity contribution >= 4 is 39.6 Å². The molecule has 0 radical (unpaired) electrons. The number of halogens is 4. The molecule has 2 heterocycles. The van der Waals surface area contributed by atoms with Crippen LogP contribution in [-0.2, 0) is 7.05 Å². The number of hydrogen-bond acceptors (Lipinski definition) is 4. The van der Waals surface area contributed by atoms with Crippen LogP contribution in [0.15, 0.2) is 35.4 Å². The first-order valence-electron chi connectivity index (χ1n) is 8.64. The first-order chi connectivity index (χ1) is 13.4. The van der Waals surface area contributed by atoms with Crippen LogP contribution < -0.4 is 15.8 Å². The molecule has 2 aromatic carbocycles. The van der Waals surface area contributed by atoms with E-state index in [-0.39, 0.29) is 33.8 Å². The van der Waals surface area contributed by atoms with Gasteiger partial charge in [0.05, 0.1) is 33.9 Å². The van der Waals surface area contributed by atoms with Gasteiger partial charge in [0.2, 0.25) is 0 Å². The number of nitrogens with zero attached hydrogens (tertiary/aromatic N) is 3. The second kappa shape index (κ2) is 7.01. The number of anilines is 3. The van der Waals surface area contributed by atoms with Gasteiger partial charge in [0.15, 0.2) is 5.82 Å². The summed E-state index contributed by atoms with van der Waals surface area (Å²) in [6.07, 6.45) is 0.691. The van der Waals surface area contributed by atoms with Crippen molar-refractivity contribution in [2.75, 3.05) is 23.3 Å². The van der Waals surface area contributed by atoms with Crippen LogP contribution in [0, 0.1) is 11.6 Å². The Labute approximate surface area is 163 Å². The molecule has 0 unspecified atom stereocenters. The largest absolute Gasteiger partial charge is 0.367 e. The molecule has 0 bridgehead atoms.